The Kier molecular flexibility index (Phi) is 10.8. The smallest absolute Gasteiger partial charge is 0.338 e. The molecule has 2 unspecified atom stereocenters. The van der Waals surface area contributed by atoms with E-state index in [0.29, 0.717) is 4.90 Å². The maximum atomic E-state index is 12.8. The van der Waals surface area contributed by atoms with E-state index < -0.39 is 92.6 Å². The van der Waals surface area contributed by atoms with Gasteiger partial charge in [-0.05, 0) is 36.4 Å². The van der Waals surface area contributed by atoms with Crippen LogP contribution in [0.15, 0.2) is 36.4 Å². The molecule has 3 aliphatic heterocycles. The van der Waals surface area contributed by atoms with Gasteiger partial charge in [-0.15, -0.1) is 12.8 Å². The van der Waals surface area contributed by atoms with Gasteiger partial charge in [0.1, 0.15) is 32.0 Å². The van der Waals surface area contributed by atoms with Gasteiger partial charge in [0.2, 0.25) is 5.91 Å². The molecule has 1 fully saturated rings. The molecule has 0 saturated carbocycles. The fraction of sp³-hybridized carbons (Fsp3) is 0.294. The first-order chi connectivity index (χ1) is 23.4. The Labute approximate surface area is 285 Å². The standard InChI is InChI=1S/C33H26N4O12.CH4/c1-3-9-35-27(41)22-7-5-18(11-24(22)29(35)43)31(45)48-16-20(38)13-34-15-26(40)37(33(34)47)14-21(39)17-49-32(46)19-6-8-23-25(12-19)30(44)36(10-4-2)28(23)42;/h1-2,5-8,11-12,20-21,38-39H,9-10,13-17H2;1H4. The average Bonchev–Trinajstić information content (AvgIpc) is 3.59. The second-order valence-electron chi connectivity index (χ2n) is 11.0. The zero-order valence-corrected chi connectivity index (χ0v) is 25.5. The lowest BCUT2D eigenvalue weighted by atomic mass is 10.1. The Hall–Kier alpha value is -6.36. The first-order valence-corrected chi connectivity index (χ1v) is 14.5. The van der Waals surface area contributed by atoms with Gasteiger partial charge in [-0.1, -0.05) is 19.3 Å². The number of fused-ring (bicyclic) bond motifs is 2. The van der Waals surface area contributed by atoms with Crippen molar-refractivity contribution in [2.24, 2.45) is 0 Å². The molecule has 0 spiro atoms. The Morgan fingerprint density at radius 2 is 1.10 bits per heavy atom. The predicted octanol–water partition coefficient (Wildman–Crippen LogP) is -0.219. The number of rotatable bonds is 12. The highest BCUT2D eigenvalue weighted by atomic mass is 16.5. The summed E-state index contributed by atoms with van der Waals surface area (Å²) in [6.07, 6.45) is 7.47. The van der Waals surface area contributed by atoms with Crippen molar-refractivity contribution in [2.45, 2.75) is 19.6 Å². The molecule has 2 aromatic rings. The van der Waals surface area contributed by atoms with Gasteiger partial charge in [0.25, 0.3) is 23.6 Å². The molecular weight excluding hydrogens is 656 g/mol. The van der Waals surface area contributed by atoms with E-state index in [-0.39, 0.29) is 53.9 Å². The second kappa shape index (κ2) is 14.8. The van der Waals surface area contributed by atoms with Crippen LogP contribution in [0.5, 0.6) is 0 Å². The number of imide groups is 3. The number of amides is 7. The Morgan fingerprint density at radius 3 is 1.54 bits per heavy atom. The first-order valence-electron chi connectivity index (χ1n) is 14.5. The number of nitrogens with zero attached hydrogens (tertiary/aromatic N) is 4. The lowest BCUT2D eigenvalue weighted by molar-refractivity contribution is -0.126. The molecule has 1 saturated heterocycles. The van der Waals surface area contributed by atoms with Gasteiger partial charge < -0.3 is 24.6 Å². The highest BCUT2D eigenvalue weighted by Gasteiger charge is 2.39. The van der Waals surface area contributed by atoms with Crippen LogP contribution < -0.4 is 0 Å². The molecule has 2 N–H and O–H groups in total. The highest BCUT2D eigenvalue weighted by Crippen LogP contribution is 2.25. The number of esters is 2. The Bertz CT molecular complexity index is 1910. The summed E-state index contributed by atoms with van der Waals surface area (Å²) in [5, 5.41) is 20.8. The van der Waals surface area contributed by atoms with Gasteiger partial charge in [0.05, 0.1) is 59.6 Å². The van der Waals surface area contributed by atoms with Crippen LogP contribution in [0.25, 0.3) is 0 Å². The minimum absolute atomic E-state index is 0. The third kappa shape index (κ3) is 6.93. The van der Waals surface area contributed by atoms with Crippen LogP contribution in [0.2, 0.25) is 0 Å². The quantitative estimate of drug-likeness (QED) is 0.129. The van der Waals surface area contributed by atoms with Crippen molar-refractivity contribution in [3.05, 3.63) is 69.8 Å². The molecule has 16 heteroatoms. The van der Waals surface area contributed by atoms with Gasteiger partial charge in [-0.25, -0.2) is 14.4 Å². The van der Waals surface area contributed by atoms with Crippen LogP contribution in [0, 0.1) is 24.7 Å². The summed E-state index contributed by atoms with van der Waals surface area (Å²) in [4.78, 5) is 103. The fourth-order valence-corrected chi connectivity index (χ4v) is 5.30. The van der Waals surface area contributed by atoms with Crippen molar-refractivity contribution in [3.63, 3.8) is 0 Å². The topological polar surface area (TPSA) is 208 Å². The maximum Gasteiger partial charge on any atom is 0.338 e. The SMILES string of the molecule is C.C#CCN1C(=O)c2ccc(C(=O)OCC(O)CN3CC(=O)N(CC(O)COC(=O)c4ccc5c(c4)C(=O)N(CC#C)C5=O)C3=O)cc2C1=O. The molecule has 50 heavy (non-hydrogen) atoms. The van der Waals surface area contributed by atoms with Crippen molar-refractivity contribution in [3.8, 4) is 24.7 Å². The highest BCUT2D eigenvalue weighted by molar-refractivity contribution is 6.23. The number of ether oxygens (including phenoxy) is 2. The number of hydrogen-bond donors (Lipinski definition) is 2. The number of hydrogen-bond acceptors (Lipinski definition) is 12. The van der Waals surface area contributed by atoms with Crippen LogP contribution in [0.4, 0.5) is 4.79 Å². The Balaban J connectivity index is 0.00000562. The van der Waals surface area contributed by atoms with Crippen molar-refractivity contribution < 1.29 is 58.0 Å². The summed E-state index contributed by atoms with van der Waals surface area (Å²) < 4.78 is 10.2. The van der Waals surface area contributed by atoms with Crippen LogP contribution >= 0.6 is 0 Å². The van der Waals surface area contributed by atoms with E-state index in [1.54, 1.807) is 0 Å². The molecule has 0 radical (unpaired) electrons. The summed E-state index contributed by atoms with van der Waals surface area (Å²) in [5.41, 5.74) is -0.0828. The van der Waals surface area contributed by atoms with Gasteiger partial charge in [0.15, 0.2) is 0 Å². The number of benzene rings is 2. The Morgan fingerprint density at radius 1 is 0.680 bits per heavy atom. The average molecular weight is 687 g/mol. The van der Waals surface area contributed by atoms with E-state index in [9.17, 15) is 48.6 Å². The summed E-state index contributed by atoms with van der Waals surface area (Å²) in [6, 6.07) is 6.56. The number of urea groups is 1. The maximum absolute atomic E-state index is 12.8. The molecule has 5 rings (SSSR count). The molecule has 0 aromatic heterocycles. The first kappa shape index (κ1) is 36.5. The van der Waals surface area contributed by atoms with E-state index in [2.05, 4.69) is 11.8 Å². The molecule has 0 bridgehead atoms. The van der Waals surface area contributed by atoms with E-state index in [1.165, 1.54) is 36.4 Å². The van der Waals surface area contributed by atoms with Crippen LogP contribution in [-0.2, 0) is 14.3 Å². The van der Waals surface area contributed by atoms with Crippen LogP contribution in [0.3, 0.4) is 0 Å². The van der Waals surface area contributed by atoms with Crippen molar-refractivity contribution in [1.29, 1.82) is 0 Å². The van der Waals surface area contributed by atoms with Crippen molar-refractivity contribution in [1.82, 2.24) is 19.6 Å². The number of carbonyl (C=O) groups is 8. The molecular formula is C34H30N4O12. The number of β-amino-alcohol motifs (C(OH)–C–C–N with tert-alkyl or cyclic N) is 2. The van der Waals surface area contributed by atoms with Gasteiger partial charge >= 0.3 is 18.0 Å². The number of terminal acetylenes is 2. The number of aliphatic hydroxyl groups excluding tert-OH is 2. The molecule has 7 amide bonds. The van der Waals surface area contributed by atoms with Gasteiger partial charge in [-0.3, -0.25) is 38.7 Å². The minimum Gasteiger partial charge on any atom is -0.459 e. The molecule has 16 nitrogen and oxygen atoms in total. The third-order valence-electron chi connectivity index (χ3n) is 7.68. The van der Waals surface area contributed by atoms with E-state index >= 15 is 0 Å². The molecule has 2 atom stereocenters. The zero-order valence-electron chi connectivity index (χ0n) is 25.5. The van der Waals surface area contributed by atoms with Crippen LogP contribution in [0.1, 0.15) is 69.6 Å². The molecule has 3 heterocycles. The number of aliphatic hydroxyl groups is 2. The lowest BCUT2D eigenvalue weighted by Crippen LogP contribution is -2.42. The lowest BCUT2D eigenvalue weighted by Gasteiger charge is -2.21. The third-order valence-corrected chi connectivity index (χ3v) is 7.68. The molecule has 0 aliphatic carbocycles. The van der Waals surface area contributed by atoms with Gasteiger partial charge in [0, 0.05) is 0 Å². The molecule has 3 aliphatic rings. The van der Waals surface area contributed by atoms with E-state index in [0.717, 1.165) is 14.7 Å². The monoisotopic (exact) mass is 686 g/mol. The molecule has 258 valence electrons. The summed E-state index contributed by atoms with van der Waals surface area (Å²) in [6.45, 7) is -3.13. The summed E-state index contributed by atoms with van der Waals surface area (Å²) >= 11 is 0. The molecule has 2 aromatic carbocycles. The second-order valence-corrected chi connectivity index (χ2v) is 11.0. The predicted molar refractivity (Wildman–Crippen MR) is 169 cm³/mol. The normalized spacial score (nSPS) is 16.1. The van der Waals surface area contributed by atoms with E-state index in [1.807, 2.05) is 0 Å². The van der Waals surface area contributed by atoms with E-state index in [4.69, 9.17) is 22.3 Å². The number of carbonyl (C=O) groups excluding carboxylic acids is 8. The summed E-state index contributed by atoms with van der Waals surface area (Å²) in [5.74, 6) is -0.691. The van der Waals surface area contributed by atoms with Gasteiger partial charge in [-0.2, -0.15) is 0 Å². The van der Waals surface area contributed by atoms with Crippen LogP contribution in [-0.4, -0.2) is 135 Å². The van der Waals surface area contributed by atoms with Crippen molar-refractivity contribution in [2.75, 3.05) is 45.9 Å². The minimum atomic E-state index is -1.50. The largest absolute Gasteiger partial charge is 0.459 e. The zero-order chi connectivity index (χ0) is 35.6. The van der Waals surface area contributed by atoms with Crippen molar-refractivity contribution >= 4 is 47.5 Å². The fourth-order valence-electron chi connectivity index (χ4n) is 5.30. The summed E-state index contributed by atoms with van der Waals surface area (Å²) in [7, 11) is 0.